The van der Waals surface area contributed by atoms with Gasteiger partial charge in [-0.2, -0.15) is 0 Å². The molecule has 1 unspecified atom stereocenters. The average molecular weight is 421 g/mol. The number of aliphatic carboxylic acids is 1. The second-order valence-electron chi connectivity index (χ2n) is 7.79. The number of ether oxygens (including phenoxy) is 1. The number of hydrogen-bond donors (Lipinski definition) is 1. The minimum absolute atomic E-state index is 0.128. The maximum atomic E-state index is 12.0. The Bertz CT molecular complexity index is 505. The van der Waals surface area contributed by atoms with Crippen molar-refractivity contribution in [3.8, 4) is 0 Å². The van der Waals surface area contributed by atoms with E-state index >= 15 is 0 Å². The number of carboxylic acid groups (broad SMARTS) is 1. The van der Waals surface area contributed by atoms with Crippen LogP contribution in [0.15, 0.2) is 36.5 Å². The Balaban J connectivity index is 3.63. The third-order valence-electron chi connectivity index (χ3n) is 4.86. The van der Waals surface area contributed by atoms with Crippen molar-refractivity contribution in [1.29, 1.82) is 0 Å². The second kappa shape index (κ2) is 21.9. The molecule has 0 aromatic carbocycles. The maximum absolute atomic E-state index is 12.0. The summed E-state index contributed by atoms with van der Waals surface area (Å²) in [6, 6.07) is 0. The molecule has 172 valence electrons. The zero-order valence-electron chi connectivity index (χ0n) is 19.3. The molecule has 0 saturated heterocycles. The van der Waals surface area contributed by atoms with Crippen LogP contribution in [0, 0.1) is 0 Å². The molecule has 0 bridgehead atoms. The highest BCUT2D eigenvalue weighted by Crippen LogP contribution is 2.14. The van der Waals surface area contributed by atoms with Crippen LogP contribution in [-0.2, 0) is 14.3 Å². The molecule has 0 aliphatic carbocycles. The van der Waals surface area contributed by atoms with E-state index in [9.17, 15) is 9.59 Å². The number of carbonyl (C=O) groups excluding carboxylic acids is 1. The summed E-state index contributed by atoms with van der Waals surface area (Å²) in [5, 5.41) is 8.72. The molecular formula is C26H44O4. The van der Waals surface area contributed by atoms with Crippen molar-refractivity contribution in [3.63, 3.8) is 0 Å². The van der Waals surface area contributed by atoms with E-state index < -0.39 is 5.97 Å². The predicted molar refractivity (Wildman–Crippen MR) is 126 cm³/mol. The highest BCUT2D eigenvalue weighted by Gasteiger charge is 2.14. The van der Waals surface area contributed by atoms with Gasteiger partial charge in [0.1, 0.15) is 6.10 Å². The first-order chi connectivity index (χ1) is 14.6. The fraction of sp³-hybridized carbons (Fsp3) is 0.692. The maximum Gasteiger partial charge on any atom is 0.306 e. The van der Waals surface area contributed by atoms with E-state index in [4.69, 9.17) is 9.84 Å². The smallest absolute Gasteiger partial charge is 0.306 e. The zero-order valence-corrected chi connectivity index (χ0v) is 19.3. The van der Waals surface area contributed by atoms with Crippen LogP contribution < -0.4 is 0 Å². The standard InChI is InChI=1S/C26H44O4/c1-3-5-6-7-8-9-10-11-12-13-14-15-16-17-18-23-26(29)30-24(20-4-2)21-19-22-25(27)28/h5-6,8-9,11-12,24H,3-4,7,10,13-23H2,1-2H3,(H,27,28)/b6-5-,9-8-,12-11-. The summed E-state index contributed by atoms with van der Waals surface area (Å²) in [6.45, 7) is 4.20. The molecule has 0 rings (SSSR count). The molecule has 0 aromatic rings. The molecule has 4 heteroatoms. The minimum Gasteiger partial charge on any atom is -0.481 e. The lowest BCUT2D eigenvalue weighted by molar-refractivity contribution is -0.150. The largest absolute Gasteiger partial charge is 0.481 e. The van der Waals surface area contributed by atoms with E-state index in [1.165, 1.54) is 12.8 Å². The number of carbonyl (C=O) groups is 2. The van der Waals surface area contributed by atoms with Crippen LogP contribution in [0.5, 0.6) is 0 Å². The summed E-state index contributed by atoms with van der Waals surface area (Å²) in [5.41, 5.74) is 0. The summed E-state index contributed by atoms with van der Waals surface area (Å²) in [7, 11) is 0. The molecule has 4 nitrogen and oxygen atoms in total. The van der Waals surface area contributed by atoms with Crippen LogP contribution >= 0.6 is 0 Å². The third kappa shape index (κ3) is 20.9. The Labute approximate surface area is 184 Å². The lowest BCUT2D eigenvalue weighted by atomic mass is 10.1. The number of unbranched alkanes of at least 4 members (excludes halogenated alkanes) is 5. The Morgan fingerprint density at radius 2 is 1.40 bits per heavy atom. The number of hydrogen-bond acceptors (Lipinski definition) is 3. The third-order valence-corrected chi connectivity index (χ3v) is 4.86. The average Bonchev–Trinajstić information content (AvgIpc) is 2.70. The van der Waals surface area contributed by atoms with Gasteiger partial charge in [0.05, 0.1) is 0 Å². The fourth-order valence-electron chi connectivity index (χ4n) is 3.20. The molecule has 0 aliphatic heterocycles. The lowest BCUT2D eigenvalue weighted by Gasteiger charge is -2.17. The fourth-order valence-corrected chi connectivity index (χ4v) is 3.20. The number of rotatable bonds is 20. The van der Waals surface area contributed by atoms with E-state index in [1.54, 1.807) is 0 Å². The molecule has 0 aliphatic rings. The van der Waals surface area contributed by atoms with Gasteiger partial charge in [0, 0.05) is 12.8 Å². The van der Waals surface area contributed by atoms with Gasteiger partial charge in [-0.1, -0.05) is 76.0 Å². The molecule has 0 amide bonds. The zero-order chi connectivity index (χ0) is 22.3. The van der Waals surface area contributed by atoms with Crippen LogP contribution in [0.25, 0.3) is 0 Å². The van der Waals surface area contributed by atoms with Gasteiger partial charge < -0.3 is 9.84 Å². The van der Waals surface area contributed by atoms with Crippen molar-refractivity contribution in [3.05, 3.63) is 36.5 Å². The lowest BCUT2D eigenvalue weighted by Crippen LogP contribution is -2.18. The molecule has 30 heavy (non-hydrogen) atoms. The van der Waals surface area contributed by atoms with E-state index in [2.05, 4.69) is 50.3 Å². The van der Waals surface area contributed by atoms with Gasteiger partial charge in [0.25, 0.3) is 0 Å². The first kappa shape index (κ1) is 28.2. The summed E-state index contributed by atoms with van der Waals surface area (Å²) in [6.07, 6.45) is 26.5. The molecular weight excluding hydrogens is 376 g/mol. The van der Waals surface area contributed by atoms with Gasteiger partial charge in [-0.25, -0.2) is 0 Å². The minimum atomic E-state index is -0.792. The van der Waals surface area contributed by atoms with Crippen LogP contribution in [0.2, 0.25) is 0 Å². The summed E-state index contributed by atoms with van der Waals surface area (Å²) < 4.78 is 5.54. The van der Waals surface area contributed by atoms with Crippen LogP contribution in [0.1, 0.15) is 110 Å². The van der Waals surface area contributed by atoms with Gasteiger partial charge in [-0.15, -0.1) is 0 Å². The molecule has 1 N–H and O–H groups in total. The molecule has 0 heterocycles. The van der Waals surface area contributed by atoms with E-state index in [0.717, 1.165) is 57.8 Å². The molecule has 1 atom stereocenters. The molecule has 0 saturated carbocycles. The van der Waals surface area contributed by atoms with Crippen molar-refractivity contribution in [2.24, 2.45) is 0 Å². The van der Waals surface area contributed by atoms with Crippen LogP contribution in [0.4, 0.5) is 0 Å². The van der Waals surface area contributed by atoms with Gasteiger partial charge in [-0.3, -0.25) is 9.59 Å². The molecule has 0 radical (unpaired) electrons. The normalized spacial score (nSPS) is 12.9. The number of allylic oxidation sites excluding steroid dienone is 6. The summed E-state index contributed by atoms with van der Waals surface area (Å²) >= 11 is 0. The van der Waals surface area contributed by atoms with E-state index in [1.807, 2.05) is 0 Å². The van der Waals surface area contributed by atoms with Crippen LogP contribution in [-0.4, -0.2) is 23.1 Å². The summed E-state index contributed by atoms with van der Waals surface area (Å²) in [5.74, 6) is -0.927. The predicted octanol–water partition coefficient (Wildman–Crippen LogP) is 7.54. The monoisotopic (exact) mass is 420 g/mol. The Morgan fingerprint density at radius 3 is 2.07 bits per heavy atom. The Kier molecular flexibility index (Phi) is 20.5. The van der Waals surface area contributed by atoms with Crippen molar-refractivity contribution in [2.75, 3.05) is 0 Å². The Morgan fingerprint density at radius 1 is 0.767 bits per heavy atom. The first-order valence-corrected chi connectivity index (χ1v) is 12.0. The van der Waals surface area contributed by atoms with Crippen molar-refractivity contribution < 1.29 is 19.4 Å². The van der Waals surface area contributed by atoms with Crippen molar-refractivity contribution in [1.82, 2.24) is 0 Å². The highest BCUT2D eigenvalue weighted by atomic mass is 16.5. The topological polar surface area (TPSA) is 63.6 Å². The quantitative estimate of drug-likeness (QED) is 0.125. The Hall–Kier alpha value is -1.84. The number of esters is 1. The van der Waals surface area contributed by atoms with Crippen LogP contribution in [0.3, 0.4) is 0 Å². The van der Waals surface area contributed by atoms with Gasteiger partial charge in [0.2, 0.25) is 0 Å². The van der Waals surface area contributed by atoms with E-state index in [0.29, 0.717) is 19.3 Å². The number of carboxylic acids is 1. The molecule has 0 fully saturated rings. The van der Waals surface area contributed by atoms with Gasteiger partial charge in [0.15, 0.2) is 0 Å². The molecule has 0 spiro atoms. The molecule has 0 aromatic heterocycles. The van der Waals surface area contributed by atoms with Crippen molar-refractivity contribution >= 4 is 11.9 Å². The SMILES string of the molecule is CC/C=C\C/C=C\C/C=C\CCCCCCCC(=O)OC(CCC)CCCC(=O)O. The first-order valence-electron chi connectivity index (χ1n) is 12.0. The highest BCUT2D eigenvalue weighted by molar-refractivity contribution is 5.69. The van der Waals surface area contributed by atoms with Crippen molar-refractivity contribution in [2.45, 2.75) is 116 Å². The summed E-state index contributed by atoms with van der Waals surface area (Å²) in [4.78, 5) is 22.6. The van der Waals surface area contributed by atoms with E-state index in [-0.39, 0.29) is 18.5 Å². The second-order valence-corrected chi connectivity index (χ2v) is 7.79. The van der Waals surface area contributed by atoms with Gasteiger partial charge in [-0.05, 0) is 57.8 Å². The van der Waals surface area contributed by atoms with Gasteiger partial charge >= 0.3 is 11.9 Å².